The van der Waals surface area contributed by atoms with Crippen LogP contribution >= 0.6 is 8.19 Å². The van der Waals surface area contributed by atoms with E-state index in [0.29, 0.717) is 5.69 Å². The molecule has 2 heterocycles. The van der Waals surface area contributed by atoms with Gasteiger partial charge in [0.05, 0.1) is 5.69 Å². The molecule has 2 aliphatic heterocycles. The third-order valence-electron chi connectivity index (χ3n) is 4.09. The molecule has 6 heteroatoms. The van der Waals surface area contributed by atoms with Crippen LogP contribution in [0.1, 0.15) is 16.7 Å². The molecule has 0 atom stereocenters. The van der Waals surface area contributed by atoms with Crippen molar-refractivity contribution in [2.45, 2.75) is 6.92 Å². The lowest BCUT2D eigenvalue weighted by atomic mass is 10.1. The highest BCUT2D eigenvalue weighted by molar-refractivity contribution is 7.67. The number of halogens is 2. The molecular formula is C19H15F2N3P+. The minimum absolute atomic E-state index is 0.0527. The Hall–Kier alpha value is -2.65. The van der Waals surface area contributed by atoms with Crippen molar-refractivity contribution in [3.05, 3.63) is 77.4 Å². The predicted molar refractivity (Wildman–Crippen MR) is 102 cm³/mol. The number of rotatable bonds is 2. The van der Waals surface area contributed by atoms with E-state index in [-0.39, 0.29) is 11.7 Å². The minimum Gasteiger partial charge on any atom is -0.204 e. The number of benzene rings is 2. The normalized spacial score (nSPS) is 17.8. The maximum absolute atomic E-state index is 14.8. The highest BCUT2D eigenvalue weighted by Crippen LogP contribution is 2.70. The molecule has 0 saturated carbocycles. The van der Waals surface area contributed by atoms with Gasteiger partial charge >= 0.3 is 8.19 Å². The van der Waals surface area contributed by atoms with Crippen LogP contribution in [0.3, 0.4) is 0 Å². The zero-order chi connectivity index (χ0) is 17.4. The molecule has 0 aromatic heterocycles. The van der Waals surface area contributed by atoms with Gasteiger partial charge in [0, 0.05) is 14.0 Å². The van der Waals surface area contributed by atoms with Crippen LogP contribution in [0.25, 0.3) is 12.2 Å². The molecule has 0 amide bonds. The predicted octanol–water partition coefficient (Wildman–Crippen LogP) is 5.97. The fraction of sp³-hybridized carbons (Fsp3) is 0.0526. The topological polar surface area (TPSA) is 28.0 Å². The summed E-state index contributed by atoms with van der Waals surface area (Å²) in [6.45, 7) is 1.97. The highest BCUT2D eigenvalue weighted by Gasteiger charge is 2.57. The van der Waals surface area contributed by atoms with Crippen LogP contribution in [0, 0.1) is 6.92 Å². The fourth-order valence-electron chi connectivity index (χ4n) is 2.83. The number of hydrogen-bond acceptors (Lipinski definition) is 3. The molecule has 0 radical (unpaired) electrons. The van der Waals surface area contributed by atoms with Crippen LogP contribution in [0.15, 0.2) is 70.4 Å². The summed E-state index contributed by atoms with van der Waals surface area (Å²) in [5.41, 5.74) is 3.22. The van der Waals surface area contributed by atoms with Crippen molar-refractivity contribution in [2.24, 2.45) is 9.76 Å². The van der Waals surface area contributed by atoms with E-state index >= 15 is 0 Å². The standard InChI is InChI=1S/C19H15F2N3P/c1-14-6-2-3-7-15(14)10-12-18-22-19-13-11-16-8-4-5-9-17(16)24(19)25(20,21)23-18/h2-13H,1H3/q+1/b12-10-. The van der Waals surface area contributed by atoms with E-state index in [0.717, 1.165) is 21.4 Å². The third kappa shape index (κ3) is 2.92. The van der Waals surface area contributed by atoms with Crippen molar-refractivity contribution in [3.63, 3.8) is 0 Å². The molecule has 2 aromatic carbocycles. The van der Waals surface area contributed by atoms with Gasteiger partial charge in [0.15, 0.2) is 5.84 Å². The summed E-state index contributed by atoms with van der Waals surface area (Å²) in [4.78, 5) is 4.31. The Morgan fingerprint density at radius 1 is 0.960 bits per heavy atom. The van der Waals surface area contributed by atoms with Crippen molar-refractivity contribution in [2.75, 3.05) is 4.67 Å². The summed E-state index contributed by atoms with van der Waals surface area (Å²) >= 11 is 0. The van der Waals surface area contributed by atoms with Crippen molar-refractivity contribution in [3.8, 4) is 0 Å². The van der Waals surface area contributed by atoms with E-state index in [4.69, 9.17) is 0 Å². The summed E-state index contributed by atoms with van der Waals surface area (Å²) in [5.74, 6) is 0.285. The average Bonchev–Trinajstić information content (AvgIpc) is 2.60. The van der Waals surface area contributed by atoms with Crippen molar-refractivity contribution in [1.82, 2.24) is 0 Å². The number of para-hydroxylation sites is 1. The Kier molecular flexibility index (Phi) is 3.81. The molecule has 0 bridgehead atoms. The van der Waals surface area contributed by atoms with E-state index in [2.05, 4.69) is 9.76 Å². The molecule has 4 rings (SSSR count). The van der Waals surface area contributed by atoms with Crippen LogP contribution < -0.4 is 4.67 Å². The van der Waals surface area contributed by atoms with Crippen LogP contribution in [0.4, 0.5) is 14.1 Å². The van der Waals surface area contributed by atoms with Gasteiger partial charge in [-0.1, -0.05) is 48.5 Å². The molecule has 0 aliphatic carbocycles. The third-order valence-corrected chi connectivity index (χ3v) is 5.43. The van der Waals surface area contributed by atoms with Gasteiger partial charge in [-0.2, -0.15) is 0 Å². The number of hydrogen-bond donors (Lipinski definition) is 0. The number of anilines is 1. The zero-order valence-electron chi connectivity index (χ0n) is 13.5. The van der Waals surface area contributed by atoms with E-state index in [1.54, 1.807) is 42.5 Å². The Balaban J connectivity index is 1.72. The van der Waals surface area contributed by atoms with Gasteiger partial charge in [0.1, 0.15) is 0 Å². The molecule has 0 spiro atoms. The largest absolute Gasteiger partial charge is 0.616 e. The van der Waals surface area contributed by atoms with Crippen molar-refractivity contribution < 1.29 is 8.39 Å². The second kappa shape index (κ2) is 6.01. The van der Waals surface area contributed by atoms with E-state index in [1.807, 2.05) is 37.3 Å². The van der Waals surface area contributed by atoms with Crippen LogP contribution in [0.2, 0.25) is 0 Å². The highest BCUT2D eigenvalue weighted by atomic mass is 31.3. The Morgan fingerprint density at radius 2 is 1.72 bits per heavy atom. The van der Waals surface area contributed by atoms with Crippen LogP contribution in [0.5, 0.6) is 0 Å². The average molecular weight is 354 g/mol. The minimum atomic E-state index is -4.70. The lowest BCUT2D eigenvalue weighted by Crippen LogP contribution is -2.31. The maximum atomic E-state index is 14.8. The molecular weight excluding hydrogens is 339 g/mol. The van der Waals surface area contributed by atoms with Gasteiger partial charge in [0.25, 0.3) is 0 Å². The maximum Gasteiger partial charge on any atom is 0.616 e. The molecule has 0 fully saturated rings. The second-order valence-electron chi connectivity index (χ2n) is 5.78. The van der Waals surface area contributed by atoms with Gasteiger partial charge in [-0.25, -0.2) is 4.99 Å². The van der Waals surface area contributed by atoms with Gasteiger partial charge in [0.2, 0.25) is 5.84 Å². The summed E-state index contributed by atoms with van der Waals surface area (Å²) in [7, 11) is -4.70. The smallest absolute Gasteiger partial charge is 0.204 e. The summed E-state index contributed by atoms with van der Waals surface area (Å²) in [6, 6.07) is 14.8. The molecule has 3 nitrogen and oxygen atoms in total. The second-order valence-corrected chi connectivity index (χ2v) is 7.29. The monoisotopic (exact) mass is 354 g/mol. The van der Waals surface area contributed by atoms with Crippen LogP contribution in [-0.4, -0.2) is 11.7 Å². The first kappa shape index (κ1) is 15.9. The number of fused-ring (bicyclic) bond motifs is 3. The van der Waals surface area contributed by atoms with Gasteiger partial charge in [-0.15, -0.1) is 4.67 Å². The van der Waals surface area contributed by atoms with E-state index in [9.17, 15) is 8.39 Å². The number of aryl methyl sites for hydroxylation is 1. The molecule has 2 aromatic rings. The Bertz CT molecular complexity index is 961. The molecule has 0 N–H and O–H groups in total. The molecule has 0 saturated heterocycles. The molecule has 0 unspecified atom stereocenters. The summed E-state index contributed by atoms with van der Waals surface area (Å²) in [6.07, 6.45) is 6.74. The number of aliphatic imine (C=N–C) groups is 1. The van der Waals surface area contributed by atoms with Crippen molar-refractivity contribution >= 4 is 37.7 Å². The fourth-order valence-corrected chi connectivity index (χ4v) is 4.08. The lowest BCUT2D eigenvalue weighted by Gasteiger charge is -2.26. The first-order valence-corrected chi connectivity index (χ1v) is 9.31. The zero-order valence-corrected chi connectivity index (χ0v) is 14.4. The number of amidine groups is 2. The molecule has 124 valence electrons. The van der Waals surface area contributed by atoms with E-state index < -0.39 is 8.19 Å². The Labute approximate surface area is 145 Å². The van der Waals surface area contributed by atoms with Gasteiger partial charge < -0.3 is 0 Å². The summed E-state index contributed by atoms with van der Waals surface area (Å²) in [5, 5.41) is 0. The first-order chi connectivity index (χ1) is 12.0. The quantitative estimate of drug-likeness (QED) is 0.611. The Morgan fingerprint density at radius 3 is 2.56 bits per heavy atom. The van der Waals surface area contributed by atoms with E-state index in [1.165, 1.54) is 0 Å². The SMILES string of the molecule is Cc1ccccc1/C=C\C1=N[P+](F)(F)N2C(=N1)C=Cc1ccccc12. The van der Waals surface area contributed by atoms with Crippen LogP contribution in [-0.2, 0) is 0 Å². The first-order valence-electron chi connectivity index (χ1n) is 7.83. The molecule has 2 aliphatic rings. The van der Waals surface area contributed by atoms with Gasteiger partial charge in [-0.05, 0) is 47.1 Å². The van der Waals surface area contributed by atoms with Gasteiger partial charge in [-0.3, -0.25) is 0 Å². The number of nitrogens with zero attached hydrogens (tertiary/aromatic N) is 3. The van der Waals surface area contributed by atoms with Crippen molar-refractivity contribution in [1.29, 1.82) is 0 Å². The molecule has 25 heavy (non-hydrogen) atoms. The lowest BCUT2D eigenvalue weighted by molar-refractivity contribution is 0.701. The summed E-state index contributed by atoms with van der Waals surface area (Å²) < 4.78 is 34.2.